The maximum atomic E-state index is 8.36. The van der Waals surface area contributed by atoms with Gasteiger partial charge in [0, 0.05) is 12.6 Å². The van der Waals surface area contributed by atoms with E-state index >= 15 is 0 Å². The second kappa shape index (κ2) is 14.0. The zero-order chi connectivity index (χ0) is 11.9. The molecule has 0 spiro atoms. The van der Waals surface area contributed by atoms with Crippen molar-refractivity contribution in [2.75, 3.05) is 7.11 Å². The van der Waals surface area contributed by atoms with Crippen LogP contribution in [0.25, 0.3) is 0 Å². The highest BCUT2D eigenvalue weighted by atomic mass is 16.6. The van der Waals surface area contributed by atoms with Gasteiger partial charge < -0.3 is 4.84 Å². The summed E-state index contributed by atoms with van der Waals surface area (Å²) in [6.45, 7) is 0. The van der Waals surface area contributed by atoms with Gasteiger partial charge in [-0.15, -0.1) is 0 Å². The lowest BCUT2D eigenvalue weighted by Crippen LogP contribution is -1.82. The van der Waals surface area contributed by atoms with Gasteiger partial charge in [0.1, 0.15) is 7.11 Å². The topological polar surface area (TPSA) is 45.4 Å². The molecular formula is C13H24N2O. The third-order valence-corrected chi connectivity index (χ3v) is 2.55. The Morgan fingerprint density at radius 1 is 1.00 bits per heavy atom. The van der Waals surface area contributed by atoms with Crippen LogP contribution < -0.4 is 0 Å². The van der Waals surface area contributed by atoms with E-state index in [4.69, 9.17) is 5.26 Å². The van der Waals surface area contributed by atoms with Gasteiger partial charge in [-0.2, -0.15) is 5.26 Å². The van der Waals surface area contributed by atoms with Gasteiger partial charge in [0.05, 0.1) is 6.07 Å². The molecule has 0 aromatic heterocycles. The summed E-state index contributed by atoms with van der Waals surface area (Å²) in [7, 11) is 1.57. The highest BCUT2D eigenvalue weighted by Crippen LogP contribution is 2.09. The van der Waals surface area contributed by atoms with Crippen LogP contribution in [0.1, 0.15) is 64.2 Å². The first-order chi connectivity index (χ1) is 7.91. The van der Waals surface area contributed by atoms with Gasteiger partial charge in [-0.05, 0) is 19.3 Å². The Morgan fingerprint density at radius 3 is 2.12 bits per heavy atom. The van der Waals surface area contributed by atoms with Crippen molar-refractivity contribution in [3.05, 3.63) is 0 Å². The van der Waals surface area contributed by atoms with Crippen LogP contribution in [0.2, 0.25) is 0 Å². The van der Waals surface area contributed by atoms with Crippen molar-refractivity contribution in [3.63, 3.8) is 0 Å². The standard InChI is InChI=1S/C13H24N2O/c1-16-15-13-11-9-7-5-3-2-4-6-8-10-12-14/h13H,2-11H2,1H3/b15-13+. The number of rotatable bonds is 11. The zero-order valence-electron chi connectivity index (χ0n) is 10.5. The number of hydrogen-bond acceptors (Lipinski definition) is 3. The van der Waals surface area contributed by atoms with Gasteiger partial charge >= 0.3 is 0 Å². The highest BCUT2D eigenvalue weighted by molar-refractivity contribution is 5.55. The van der Waals surface area contributed by atoms with Crippen molar-refractivity contribution in [2.45, 2.75) is 64.2 Å². The second-order valence-corrected chi connectivity index (χ2v) is 4.00. The van der Waals surface area contributed by atoms with E-state index in [2.05, 4.69) is 16.1 Å². The Balaban J connectivity index is 2.94. The van der Waals surface area contributed by atoms with Crippen molar-refractivity contribution >= 4 is 6.21 Å². The van der Waals surface area contributed by atoms with Crippen LogP contribution in [-0.4, -0.2) is 13.3 Å². The Bertz CT molecular complexity index is 197. The minimum Gasteiger partial charge on any atom is -0.399 e. The SMILES string of the molecule is CO/N=C/CCCCCCCCCCC#N. The predicted molar refractivity (Wildman–Crippen MR) is 67.3 cm³/mol. The molecule has 0 N–H and O–H groups in total. The van der Waals surface area contributed by atoms with E-state index in [-0.39, 0.29) is 0 Å². The number of unbranched alkanes of at least 4 members (excludes halogenated alkanes) is 9. The Kier molecular flexibility index (Phi) is 13.1. The summed E-state index contributed by atoms with van der Waals surface area (Å²) < 4.78 is 0. The molecule has 0 atom stereocenters. The van der Waals surface area contributed by atoms with Gasteiger partial charge in [0.2, 0.25) is 0 Å². The highest BCUT2D eigenvalue weighted by Gasteiger charge is 1.91. The lowest BCUT2D eigenvalue weighted by Gasteiger charge is -1.99. The third-order valence-electron chi connectivity index (χ3n) is 2.55. The van der Waals surface area contributed by atoms with E-state index in [1.807, 2.05) is 6.21 Å². The lowest BCUT2D eigenvalue weighted by molar-refractivity contribution is 0.214. The van der Waals surface area contributed by atoms with Crippen LogP contribution in [0.3, 0.4) is 0 Å². The fourth-order valence-corrected chi connectivity index (χ4v) is 1.63. The minimum atomic E-state index is 0.721. The van der Waals surface area contributed by atoms with Crippen LogP contribution in [0.5, 0.6) is 0 Å². The van der Waals surface area contributed by atoms with Crippen molar-refractivity contribution in [1.29, 1.82) is 5.26 Å². The molecule has 3 heteroatoms. The van der Waals surface area contributed by atoms with E-state index < -0.39 is 0 Å². The van der Waals surface area contributed by atoms with Gasteiger partial charge in [-0.1, -0.05) is 43.7 Å². The average molecular weight is 224 g/mol. The van der Waals surface area contributed by atoms with Gasteiger partial charge in [0.15, 0.2) is 0 Å². The maximum Gasteiger partial charge on any atom is 0.106 e. The molecule has 0 rings (SSSR count). The second-order valence-electron chi connectivity index (χ2n) is 4.00. The molecule has 16 heavy (non-hydrogen) atoms. The molecule has 0 fully saturated rings. The van der Waals surface area contributed by atoms with Gasteiger partial charge in [-0.3, -0.25) is 0 Å². The summed E-state index contributed by atoms with van der Waals surface area (Å²) in [5, 5.41) is 12.1. The molecule has 0 aliphatic heterocycles. The molecule has 0 bridgehead atoms. The molecule has 0 saturated heterocycles. The maximum absolute atomic E-state index is 8.36. The lowest BCUT2D eigenvalue weighted by atomic mass is 10.1. The predicted octanol–water partition coefficient (Wildman–Crippen LogP) is 4.04. The largest absolute Gasteiger partial charge is 0.399 e. The quantitative estimate of drug-likeness (QED) is 0.302. The fraction of sp³-hybridized carbons (Fsp3) is 0.846. The number of nitrogens with zero attached hydrogens (tertiary/aromatic N) is 2. The van der Waals surface area contributed by atoms with Crippen LogP contribution in [0.15, 0.2) is 5.16 Å². The fourth-order valence-electron chi connectivity index (χ4n) is 1.63. The van der Waals surface area contributed by atoms with Crippen LogP contribution in [0, 0.1) is 11.3 Å². The first-order valence-corrected chi connectivity index (χ1v) is 6.33. The molecule has 0 aliphatic rings. The Morgan fingerprint density at radius 2 is 1.56 bits per heavy atom. The molecule has 0 aromatic carbocycles. The average Bonchev–Trinajstić information content (AvgIpc) is 2.31. The molecule has 3 nitrogen and oxygen atoms in total. The monoisotopic (exact) mass is 224 g/mol. The van der Waals surface area contributed by atoms with Crippen molar-refractivity contribution in [2.24, 2.45) is 5.16 Å². The molecule has 0 unspecified atom stereocenters. The minimum absolute atomic E-state index is 0.721. The van der Waals surface area contributed by atoms with Crippen molar-refractivity contribution in [1.82, 2.24) is 0 Å². The van der Waals surface area contributed by atoms with Gasteiger partial charge in [-0.25, -0.2) is 0 Å². The summed E-state index contributed by atoms with van der Waals surface area (Å²) in [5.41, 5.74) is 0. The summed E-state index contributed by atoms with van der Waals surface area (Å²) in [5.74, 6) is 0. The molecule has 0 heterocycles. The van der Waals surface area contributed by atoms with E-state index in [1.54, 1.807) is 7.11 Å². The molecule has 0 radical (unpaired) electrons. The summed E-state index contributed by atoms with van der Waals surface area (Å²) in [6.07, 6.45) is 13.6. The Hall–Kier alpha value is -1.04. The van der Waals surface area contributed by atoms with Gasteiger partial charge in [0.25, 0.3) is 0 Å². The molecule has 0 aromatic rings. The molecule has 0 aliphatic carbocycles. The van der Waals surface area contributed by atoms with E-state index in [1.165, 1.54) is 44.9 Å². The van der Waals surface area contributed by atoms with Crippen molar-refractivity contribution < 1.29 is 4.84 Å². The van der Waals surface area contributed by atoms with Crippen molar-refractivity contribution in [3.8, 4) is 6.07 Å². The third kappa shape index (κ3) is 13.0. The van der Waals surface area contributed by atoms with E-state index in [0.717, 1.165) is 19.3 Å². The van der Waals surface area contributed by atoms with Crippen LogP contribution in [0.4, 0.5) is 0 Å². The molecule has 0 amide bonds. The summed E-state index contributed by atoms with van der Waals surface area (Å²) in [4.78, 5) is 4.58. The first kappa shape index (κ1) is 15.0. The normalized spacial score (nSPS) is 10.5. The smallest absolute Gasteiger partial charge is 0.106 e. The van der Waals surface area contributed by atoms with E-state index in [0.29, 0.717) is 0 Å². The summed E-state index contributed by atoms with van der Waals surface area (Å²) in [6, 6.07) is 2.18. The zero-order valence-corrected chi connectivity index (χ0v) is 10.5. The number of nitriles is 1. The van der Waals surface area contributed by atoms with E-state index in [9.17, 15) is 0 Å². The van der Waals surface area contributed by atoms with Crippen LogP contribution in [-0.2, 0) is 4.84 Å². The summed E-state index contributed by atoms with van der Waals surface area (Å²) >= 11 is 0. The molecule has 0 saturated carbocycles. The van der Waals surface area contributed by atoms with Crippen LogP contribution >= 0.6 is 0 Å². The number of oxime groups is 1. The Labute approximate surface area is 99.5 Å². The number of hydrogen-bond donors (Lipinski definition) is 0. The first-order valence-electron chi connectivity index (χ1n) is 6.33. The molecule has 92 valence electrons. The molecular weight excluding hydrogens is 200 g/mol.